The van der Waals surface area contributed by atoms with Crippen LogP contribution in [0.15, 0.2) is 0 Å². The van der Waals surface area contributed by atoms with Crippen LogP contribution in [0.5, 0.6) is 0 Å². The van der Waals surface area contributed by atoms with Crippen LogP contribution in [0.3, 0.4) is 0 Å². The van der Waals surface area contributed by atoms with Crippen molar-refractivity contribution < 1.29 is 8.42 Å². The number of alkyl halides is 1. The number of nitrogens with zero attached hydrogens (tertiary/aromatic N) is 1. The molecule has 78 valence electrons. The average Bonchev–Trinajstić information content (AvgIpc) is 2.51. The fraction of sp³-hybridized carbons (Fsp3) is 1.00. The van der Waals surface area contributed by atoms with Crippen molar-refractivity contribution in [2.75, 3.05) is 12.4 Å². The molecule has 0 amide bonds. The van der Waals surface area contributed by atoms with Gasteiger partial charge in [0.05, 0.1) is 5.25 Å². The average molecular weight is 226 g/mol. The summed E-state index contributed by atoms with van der Waals surface area (Å²) >= 11 is 5.71. The summed E-state index contributed by atoms with van der Waals surface area (Å²) in [5, 5.41) is -0.337. The summed E-state index contributed by atoms with van der Waals surface area (Å²) in [5.74, 6) is 0.409. The zero-order valence-electron chi connectivity index (χ0n) is 8.03. The van der Waals surface area contributed by atoms with Crippen molar-refractivity contribution in [1.29, 1.82) is 0 Å². The number of hydrogen-bond acceptors (Lipinski definition) is 2. The molecule has 0 aromatic heterocycles. The van der Waals surface area contributed by atoms with E-state index in [9.17, 15) is 8.42 Å². The molecule has 1 heterocycles. The van der Waals surface area contributed by atoms with E-state index in [0.29, 0.717) is 12.4 Å². The third-order valence-corrected chi connectivity index (χ3v) is 5.11. The van der Waals surface area contributed by atoms with Crippen molar-refractivity contribution in [3.05, 3.63) is 0 Å². The van der Waals surface area contributed by atoms with Gasteiger partial charge in [-0.25, -0.2) is 8.42 Å². The summed E-state index contributed by atoms with van der Waals surface area (Å²) in [6.07, 6.45) is 1.83. The molecular weight excluding hydrogens is 210 g/mol. The van der Waals surface area contributed by atoms with Crippen LogP contribution >= 0.6 is 11.6 Å². The first-order valence-corrected chi connectivity index (χ1v) is 6.60. The van der Waals surface area contributed by atoms with Crippen molar-refractivity contribution in [3.63, 3.8) is 0 Å². The summed E-state index contributed by atoms with van der Waals surface area (Å²) in [6, 6.07) is 0.0223. The van der Waals surface area contributed by atoms with Crippen LogP contribution in [-0.4, -0.2) is 36.4 Å². The van der Waals surface area contributed by atoms with Gasteiger partial charge in [-0.1, -0.05) is 0 Å². The molecule has 1 aliphatic heterocycles. The van der Waals surface area contributed by atoms with E-state index in [2.05, 4.69) is 0 Å². The molecular formula is C8H16ClNO2S. The molecule has 1 rings (SSSR count). The van der Waals surface area contributed by atoms with Crippen molar-refractivity contribution >= 4 is 21.6 Å². The number of hydrogen-bond donors (Lipinski definition) is 0. The maximum atomic E-state index is 11.8. The van der Waals surface area contributed by atoms with E-state index in [-0.39, 0.29) is 11.3 Å². The minimum absolute atomic E-state index is 0.0223. The number of rotatable bonds is 3. The Kier molecular flexibility index (Phi) is 3.60. The highest BCUT2D eigenvalue weighted by atomic mass is 35.5. The van der Waals surface area contributed by atoms with E-state index in [0.717, 1.165) is 12.8 Å². The SMILES string of the molecule is CC(C)S(=O)(=O)N1CCCC1CCl. The molecule has 3 nitrogen and oxygen atoms in total. The van der Waals surface area contributed by atoms with Crippen LogP contribution in [0, 0.1) is 0 Å². The highest BCUT2D eigenvalue weighted by Crippen LogP contribution is 2.24. The standard InChI is InChI=1S/C8H16ClNO2S/c1-7(2)13(11,12)10-5-3-4-8(10)6-9/h7-8H,3-6H2,1-2H3. The molecule has 0 N–H and O–H groups in total. The molecule has 13 heavy (non-hydrogen) atoms. The van der Waals surface area contributed by atoms with Gasteiger partial charge in [0.2, 0.25) is 10.0 Å². The molecule has 0 aromatic carbocycles. The Bertz CT molecular complexity index is 263. The lowest BCUT2D eigenvalue weighted by molar-refractivity contribution is 0.406. The molecule has 1 unspecified atom stereocenters. The second-order valence-electron chi connectivity index (χ2n) is 3.65. The summed E-state index contributed by atoms with van der Waals surface area (Å²) in [5.41, 5.74) is 0. The van der Waals surface area contributed by atoms with E-state index in [1.54, 1.807) is 18.2 Å². The molecule has 1 atom stereocenters. The molecule has 1 fully saturated rings. The Morgan fingerprint density at radius 1 is 1.54 bits per heavy atom. The van der Waals surface area contributed by atoms with Crippen LogP contribution in [0.25, 0.3) is 0 Å². The van der Waals surface area contributed by atoms with Crippen LogP contribution in [0.2, 0.25) is 0 Å². The largest absolute Gasteiger partial charge is 0.216 e. The molecule has 0 aromatic rings. The summed E-state index contributed by atoms with van der Waals surface area (Å²) in [7, 11) is -3.09. The van der Waals surface area contributed by atoms with Crippen molar-refractivity contribution in [2.45, 2.75) is 38.0 Å². The second kappa shape index (κ2) is 4.15. The first-order chi connectivity index (χ1) is 6.00. The molecule has 5 heteroatoms. The lowest BCUT2D eigenvalue weighted by Gasteiger charge is -2.24. The van der Waals surface area contributed by atoms with Gasteiger partial charge in [-0.3, -0.25) is 0 Å². The van der Waals surface area contributed by atoms with Gasteiger partial charge >= 0.3 is 0 Å². The van der Waals surface area contributed by atoms with Gasteiger partial charge in [-0.15, -0.1) is 11.6 Å². The smallest absolute Gasteiger partial charge is 0.212 e. The minimum Gasteiger partial charge on any atom is -0.212 e. The van der Waals surface area contributed by atoms with Gasteiger partial charge in [0.15, 0.2) is 0 Å². The predicted molar refractivity (Wildman–Crippen MR) is 54.5 cm³/mol. The normalized spacial score (nSPS) is 25.7. The van der Waals surface area contributed by atoms with Crippen LogP contribution in [0.4, 0.5) is 0 Å². The highest BCUT2D eigenvalue weighted by Gasteiger charge is 2.35. The van der Waals surface area contributed by atoms with E-state index in [1.807, 2.05) is 0 Å². The second-order valence-corrected chi connectivity index (χ2v) is 6.41. The minimum atomic E-state index is -3.09. The zero-order chi connectivity index (χ0) is 10.1. The Morgan fingerprint density at radius 2 is 2.15 bits per heavy atom. The lowest BCUT2D eigenvalue weighted by Crippen LogP contribution is -2.40. The van der Waals surface area contributed by atoms with E-state index in [4.69, 9.17) is 11.6 Å². The van der Waals surface area contributed by atoms with Crippen LogP contribution in [0.1, 0.15) is 26.7 Å². The third-order valence-electron chi connectivity index (χ3n) is 2.42. The maximum Gasteiger partial charge on any atom is 0.216 e. The predicted octanol–water partition coefficient (Wildman–Crippen LogP) is 1.43. The summed E-state index contributed by atoms with van der Waals surface area (Å²) in [6.45, 7) is 4.05. The van der Waals surface area contributed by atoms with Crippen molar-refractivity contribution in [3.8, 4) is 0 Å². The fourth-order valence-electron chi connectivity index (χ4n) is 1.57. The Balaban J connectivity index is 2.82. The molecule has 0 saturated carbocycles. The first-order valence-electron chi connectivity index (χ1n) is 4.56. The van der Waals surface area contributed by atoms with E-state index in [1.165, 1.54) is 0 Å². The Labute approximate surface area is 85.1 Å². The van der Waals surface area contributed by atoms with Crippen LogP contribution < -0.4 is 0 Å². The highest BCUT2D eigenvalue weighted by molar-refractivity contribution is 7.89. The van der Waals surface area contributed by atoms with Gasteiger partial charge in [-0.2, -0.15) is 4.31 Å². The quantitative estimate of drug-likeness (QED) is 0.682. The van der Waals surface area contributed by atoms with Crippen LogP contribution in [-0.2, 0) is 10.0 Å². The van der Waals surface area contributed by atoms with E-state index >= 15 is 0 Å². The third kappa shape index (κ3) is 2.17. The topological polar surface area (TPSA) is 37.4 Å². The molecule has 0 bridgehead atoms. The van der Waals surface area contributed by atoms with E-state index < -0.39 is 10.0 Å². The van der Waals surface area contributed by atoms with Crippen molar-refractivity contribution in [1.82, 2.24) is 4.31 Å². The Hall–Kier alpha value is 0.200. The van der Waals surface area contributed by atoms with Crippen molar-refractivity contribution in [2.24, 2.45) is 0 Å². The van der Waals surface area contributed by atoms with Gasteiger partial charge in [0.1, 0.15) is 0 Å². The lowest BCUT2D eigenvalue weighted by atomic mass is 10.3. The van der Waals surface area contributed by atoms with Gasteiger partial charge < -0.3 is 0 Å². The number of sulfonamides is 1. The summed E-state index contributed by atoms with van der Waals surface area (Å²) in [4.78, 5) is 0. The zero-order valence-corrected chi connectivity index (χ0v) is 9.61. The molecule has 0 aliphatic carbocycles. The van der Waals surface area contributed by atoms with Gasteiger partial charge in [0, 0.05) is 18.5 Å². The first kappa shape index (κ1) is 11.3. The molecule has 0 radical (unpaired) electrons. The fourth-order valence-corrected chi connectivity index (χ4v) is 3.49. The molecule has 0 spiro atoms. The maximum absolute atomic E-state index is 11.8. The number of halogens is 1. The van der Waals surface area contributed by atoms with Gasteiger partial charge in [-0.05, 0) is 26.7 Å². The summed E-state index contributed by atoms with van der Waals surface area (Å²) < 4.78 is 25.1. The molecule has 1 aliphatic rings. The molecule has 1 saturated heterocycles. The van der Waals surface area contributed by atoms with Gasteiger partial charge in [0.25, 0.3) is 0 Å². The monoisotopic (exact) mass is 225 g/mol. The Morgan fingerprint density at radius 3 is 2.62 bits per heavy atom.